The predicted octanol–water partition coefficient (Wildman–Crippen LogP) is 2.24. The lowest BCUT2D eigenvalue weighted by molar-refractivity contribution is -0.142. The number of hydrogen-bond donors (Lipinski definition) is 0. The van der Waals surface area contributed by atoms with E-state index in [4.69, 9.17) is 4.74 Å². The van der Waals surface area contributed by atoms with Crippen molar-refractivity contribution in [2.24, 2.45) is 0 Å². The van der Waals surface area contributed by atoms with E-state index in [1.165, 1.54) is 11.3 Å². The van der Waals surface area contributed by atoms with E-state index in [2.05, 4.69) is 11.6 Å². The van der Waals surface area contributed by atoms with Crippen LogP contribution in [-0.2, 0) is 9.53 Å². The molecular weight excluding hydrogens is 186 g/mol. The molecule has 0 aliphatic rings. The molecule has 1 aromatic heterocycles. The Kier molecular flexibility index (Phi) is 3.19. The number of aryl methyl sites for hydroxylation is 1. The number of ether oxygens (including phenoxy) is 1. The van der Waals surface area contributed by atoms with E-state index < -0.39 is 5.97 Å². The molecular formula is C9H11NO2S. The first-order chi connectivity index (χ1) is 6.15. The van der Waals surface area contributed by atoms with Gasteiger partial charge in [-0.15, -0.1) is 11.3 Å². The van der Waals surface area contributed by atoms with Crippen LogP contribution in [0.2, 0.25) is 0 Å². The molecule has 1 heterocycles. The fourth-order valence-corrected chi connectivity index (χ4v) is 1.76. The fraction of sp³-hybridized carbons (Fsp3) is 0.333. The zero-order valence-corrected chi connectivity index (χ0v) is 8.43. The van der Waals surface area contributed by atoms with Crippen LogP contribution in [0.4, 0.5) is 0 Å². The minimum Gasteiger partial charge on any atom is -0.454 e. The average Bonchev–Trinajstić information content (AvgIpc) is 2.51. The van der Waals surface area contributed by atoms with Crippen LogP contribution in [0.15, 0.2) is 18.2 Å². The third kappa shape index (κ3) is 2.39. The Morgan fingerprint density at radius 1 is 1.85 bits per heavy atom. The van der Waals surface area contributed by atoms with Gasteiger partial charge in [-0.1, -0.05) is 6.58 Å². The first-order valence-electron chi connectivity index (χ1n) is 3.88. The maximum absolute atomic E-state index is 10.9. The van der Waals surface area contributed by atoms with Gasteiger partial charge >= 0.3 is 5.97 Å². The molecule has 1 aromatic rings. The standard InChI is InChI=1S/C9H11NO2S/c1-4-8(11)12-7(3)9-6(2)10-5-13-9/h4-5,7H,1H2,2-3H3. The number of nitrogens with zero attached hydrogens (tertiary/aromatic N) is 1. The van der Waals surface area contributed by atoms with E-state index in [9.17, 15) is 4.79 Å². The smallest absolute Gasteiger partial charge is 0.330 e. The van der Waals surface area contributed by atoms with Crippen LogP contribution >= 0.6 is 11.3 Å². The topological polar surface area (TPSA) is 39.2 Å². The number of thiazole rings is 1. The SMILES string of the molecule is C=CC(=O)OC(C)c1scnc1C. The Hall–Kier alpha value is -1.16. The minimum atomic E-state index is -0.402. The molecule has 0 saturated heterocycles. The van der Waals surface area contributed by atoms with Gasteiger partial charge in [-0.05, 0) is 13.8 Å². The van der Waals surface area contributed by atoms with Crippen molar-refractivity contribution in [2.45, 2.75) is 20.0 Å². The van der Waals surface area contributed by atoms with Crippen LogP contribution < -0.4 is 0 Å². The molecule has 0 fully saturated rings. The molecule has 1 rings (SSSR count). The molecule has 0 saturated carbocycles. The number of carbonyl (C=O) groups is 1. The summed E-state index contributed by atoms with van der Waals surface area (Å²) in [7, 11) is 0. The molecule has 0 amide bonds. The quantitative estimate of drug-likeness (QED) is 0.551. The van der Waals surface area contributed by atoms with E-state index in [0.717, 1.165) is 16.6 Å². The predicted molar refractivity (Wildman–Crippen MR) is 51.6 cm³/mol. The lowest BCUT2D eigenvalue weighted by Gasteiger charge is -2.09. The molecule has 4 heteroatoms. The number of rotatable bonds is 3. The molecule has 0 aliphatic heterocycles. The Labute approximate surface area is 81.1 Å². The molecule has 1 atom stereocenters. The van der Waals surface area contributed by atoms with Crippen LogP contribution in [0.25, 0.3) is 0 Å². The van der Waals surface area contributed by atoms with E-state index in [-0.39, 0.29) is 6.10 Å². The summed E-state index contributed by atoms with van der Waals surface area (Å²) in [5, 5.41) is 0. The second-order valence-electron chi connectivity index (χ2n) is 2.59. The van der Waals surface area contributed by atoms with Crippen molar-refractivity contribution in [3.63, 3.8) is 0 Å². The summed E-state index contributed by atoms with van der Waals surface area (Å²) in [4.78, 5) is 15.9. The van der Waals surface area contributed by atoms with Crippen LogP contribution in [-0.4, -0.2) is 11.0 Å². The maximum Gasteiger partial charge on any atom is 0.330 e. The molecule has 0 bridgehead atoms. The first-order valence-corrected chi connectivity index (χ1v) is 4.76. The number of hydrogen-bond acceptors (Lipinski definition) is 4. The molecule has 0 aromatic carbocycles. The van der Waals surface area contributed by atoms with E-state index in [1.807, 2.05) is 13.8 Å². The van der Waals surface area contributed by atoms with Crippen molar-refractivity contribution in [3.8, 4) is 0 Å². The van der Waals surface area contributed by atoms with Gasteiger partial charge in [0.05, 0.1) is 16.1 Å². The zero-order valence-electron chi connectivity index (χ0n) is 7.61. The first kappa shape index (κ1) is 9.92. The maximum atomic E-state index is 10.9. The summed E-state index contributed by atoms with van der Waals surface area (Å²) in [5.41, 5.74) is 2.65. The zero-order chi connectivity index (χ0) is 9.84. The molecule has 0 aliphatic carbocycles. The Morgan fingerprint density at radius 2 is 2.54 bits per heavy atom. The van der Waals surface area contributed by atoms with Gasteiger partial charge in [0, 0.05) is 6.08 Å². The van der Waals surface area contributed by atoms with E-state index in [1.54, 1.807) is 5.51 Å². The molecule has 13 heavy (non-hydrogen) atoms. The largest absolute Gasteiger partial charge is 0.454 e. The normalized spacial score (nSPS) is 12.2. The van der Waals surface area contributed by atoms with Crippen LogP contribution in [0.5, 0.6) is 0 Å². The van der Waals surface area contributed by atoms with Crippen molar-refractivity contribution in [3.05, 3.63) is 28.7 Å². The summed E-state index contributed by atoms with van der Waals surface area (Å²) in [6.07, 6.45) is 0.922. The van der Waals surface area contributed by atoms with Gasteiger partial charge in [0.15, 0.2) is 0 Å². The Morgan fingerprint density at radius 3 is 3.00 bits per heavy atom. The van der Waals surface area contributed by atoms with Gasteiger partial charge in [0.1, 0.15) is 6.10 Å². The summed E-state index contributed by atoms with van der Waals surface area (Å²) in [6.45, 7) is 7.04. The summed E-state index contributed by atoms with van der Waals surface area (Å²) in [6, 6.07) is 0. The summed E-state index contributed by atoms with van der Waals surface area (Å²) >= 11 is 1.49. The summed E-state index contributed by atoms with van der Waals surface area (Å²) in [5.74, 6) is -0.402. The minimum absolute atomic E-state index is 0.238. The summed E-state index contributed by atoms with van der Waals surface area (Å²) < 4.78 is 5.04. The third-order valence-electron chi connectivity index (χ3n) is 1.61. The second-order valence-corrected chi connectivity index (χ2v) is 3.47. The lowest BCUT2D eigenvalue weighted by Crippen LogP contribution is -2.05. The highest BCUT2D eigenvalue weighted by Gasteiger charge is 2.13. The second kappa shape index (κ2) is 4.18. The highest BCUT2D eigenvalue weighted by molar-refractivity contribution is 7.09. The van der Waals surface area contributed by atoms with E-state index in [0.29, 0.717) is 0 Å². The molecule has 1 unspecified atom stereocenters. The van der Waals surface area contributed by atoms with Crippen molar-refractivity contribution < 1.29 is 9.53 Å². The fourth-order valence-electron chi connectivity index (χ4n) is 0.977. The average molecular weight is 197 g/mol. The number of carbonyl (C=O) groups excluding carboxylic acids is 1. The van der Waals surface area contributed by atoms with Gasteiger partial charge < -0.3 is 4.74 Å². The van der Waals surface area contributed by atoms with Crippen LogP contribution in [0, 0.1) is 6.92 Å². The molecule has 3 nitrogen and oxygen atoms in total. The number of esters is 1. The molecule has 0 N–H and O–H groups in total. The third-order valence-corrected chi connectivity index (χ3v) is 2.70. The van der Waals surface area contributed by atoms with Crippen molar-refractivity contribution >= 4 is 17.3 Å². The van der Waals surface area contributed by atoms with Gasteiger partial charge in [0.2, 0.25) is 0 Å². The van der Waals surface area contributed by atoms with Gasteiger partial charge in [0.25, 0.3) is 0 Å². The van der Waals surface area contributed by atoms with Crippen LogP contribution in [0.1, 0.15) is 23.6 Å². The monoisotopic (exact) mass is 197 g/mol. The van der Waals surface area contributed by atoms with Crippen molar-refractivity contribution in [1.29, 1.82) is 0 Å². The molecule has 0 radical (unpaired) electrons. The van der Waals surface area contributed by atoms with Crippen molar-refractivity contribution in [1.82, 2.24) is 4.98 Å². The van der Waals surface area contributed by atoms with Gasteiger partial charge in [-0.2, -0.15) is 0 Å². The van der Waals surface area contributed by atoms with Crippen LogP contribution in [0.3, 0.4) is 0 Å². The Balaban J connectivity index is 2.68. The van der Waals surface area contributed by atoms with Crippen molar-refractivity contribution in [2.75, 3.05) is 0 Å². The Bertz CT molecular complexity index is 319. The highest BCUT2D eigenvalue weighted by atomic mass is 32.1. The van der Waals surface area contributed by atoms with Gasteiger partial charge in [-0.25, -0.2) is 9.78 Å². The highest BCUT2D eigenvalue weighted by Crippen LogP contribution is 2.24. The van der Waals surface area contributed by atoms with E-state index >= 15 is 0 Å². The molecule has 70 valence electrons. The molecule has 0 spiro atoms. The van der Waals surface area contributed by atoms with Gasteiger partial charge in [-0.3, -0.25) is 0 Å². The lowest BCUT2D eigenvalue weighted by atomic mass is 10.3. The number of aromatic nitrogens is 1.